The minimum Gasteiger partial charge on any atom is -0.292 e. The molecule has 16 heavy (non-hydrogen) atoms. The van der Waals surface area contributed by atoms with E-state index in [4.69, 9.17) is 0 Å². The molecule has 1 aromatic heterocycles. The van der Waals surface area contributed by atoms with Crippen molar-refractivity contribution in [3.8, 4) is 0 Å². The number of rotatable bonds is 2. The minimum absolute atomic E-state index is 0.203. The molecule has 0 radical (unpaired) electrons. The third-order valence-electron chi connectivity index (χ3n) is 3.62. The Labute approximate surface area is 96.8 Å². The average Bonchev–Trinajstić information content (AvgIpc) is 2.62. The Morgan fingerprint density at radius 1 is 1.31 bits per heavy atom. The van der Waals surface area contributed by atoms with E-state index in [1.165, 1.54) is 6.42 Å². The van der Waals surface area contributed by atoms with Gasteiger partial charge in [-0.25, -0.2) is 0 Å². The number of Topliss-reactive ketones (excluding diaryl/α,β-unsaturated/α-hetero) is 1. The van der Waals surface area contributed by atoms with Crippen LogP contribution in [0.15, 0.2) is 12.3 Å². The van der Waals surface area contributed by atoms with Gasteiger partial charge in [-0.15, -0.1) is 0 Å². The molecule has 1 saturated carbocycles. The molecule has 1 fully saturated rings. The number of hydrogen-bond acceptors (Lipinski definition) is 2. The lowest BCUT2D eigenvalue weighted by Gasteiger charge is -2.30. The lowest BCUT2D eigenvalue weighted by atomic mass is 9.74. The first-order chi connectivity index (χ1) is 7.58. The van der Waals surface area contributed by atoms with Gasteiger partial charge in [-0.05, 0) is 37.2 Å². The Kier molecular flexibility index (Phi) is 3.13. The van der Waals surface area contributed by atoms with Gasteiger partial charge >= 0.3 is 0 Å². The molecule has 0 aromatic carbocycles. The normalized spacial score (nSPS) is 30.3. The number of hydrogen-bond donors (Lipinski definition) is 0. The zero-order valence-corrected chi connectivity index (χ0v) is 10.3. The van der Waals surface area contributed by atoms with Gasteiger partial charge in [0.1, 0.15) is 5.69 Å². The summed E-state index contributed by atoms with van der Waals surface area (Å²) in [5.41, 5.74) is 0.756. The van der Waals surface area contributed by atoms with Crippen LogP contribution in [-0.4, -0.2) is 15.6 Å². The highest BCUT2D eigenvalue weighted by Crippen LogP contribution is 2.34. The molecule has 3 heteroatoms. The highest BCUT2D eigenvalue weighted by molar-refractivity contribution is 5.96. The number of nitrogens with zero attached hydrogens (tertiary/aromatic N) is 2. The van der Waals surface area contributed by atoms with E-state index in [0.717, 1.165) is 18.5 Å². The Bertz CT molecular complexity index is 373. The van der Waals surface area contributed by atoms with Crippen LogP contribution in [0.2, 0.25) is 0 Å². The van der Waals surface area contributed by atoms with Crippen molar-refractivity contribution in [3.63, 3.8) is 0 Å². The fourth-order valence-electron chi connectivity index (χ4n) is 2.99. The molecule has 0 amide bonds. The molecule has 1 heterocycles. The van der Waals surface area contributed by atoms with Crippen molar-refractivity contribution in [1.82, 2.24) is 9.78 Å². The zero-order valence-electron chi connectivity index (χ0n) is 10.3. The molecule has 2 rings (SSSR count). The Balaban J connectivity index is 2.13. The van der Waals surface area contributed by atoms with Crippen LogP contribution in [0.3, 0.4) is 0 Å². The summed E-state index contributed by atoms with van der Waals surface area (Å²) in [5, 5.41) is 4.07. The van der Waals surface area contributed by atoms with Gasteiger partial charge in [0.05, 0.1) is 0 Å². The van der Waals surface area contributed by atoms with Gasteiger partial charge in [0.2, 0.25) is 0 Å². The number of carbonyl (C=O) groups excluding carboxylic acids is 1. The van der Waals surface area contributed by atoms with Crippen molar-refractivity contribution in [2.24, 2.45) is 24.8 Å². The SMILES string of the molecule is CC1CC(C)CC(C(=O)c2ccnn2C)C1. The van der Waals surface area contributed by atoms with Crippen molar-refractivity contribution < 1.29 is 4.79 Å². The van der Waals surface area contributed by atoms with E-state index in [-0.39, 0.29) is 11.7 Å². The van der Waals surface area contributed by atoms with E-state index in [9.17, 15) is 4.79 Å². The van der Waals surface area contributed by atoms with Gasteiger partial charge in [0.15, 0.2) is 5.78 Å². The lowest BCUT2D eigenvalue weighted by molar-refractivity contribution is 0.0826. The summed E-state index contributed by atoms with van der Waals surface area (Å²) in [6, 6.07) is 1.83. The largest absolute Gasteiger partial charge is 0.292 e. The quantitative estimate of drug-likeness (QED) is 0.718. The standard InChI is InChI=1S/C13H20N2O/c1-9-6-10(2)8-11(7-9)13(16)12-4-5-14-15(12)3/h4-5,9-11H,6-8H2,1-3H3. The summed E-state index contributed by atoms with van der Waals surface area (Å²) >= 11 is 0. The average molecular weight is 220 g/mol. The molecule has 2 unspecified atom stereocenters. The van der Waals surface area contributed by atoms with E-state index in [0.29, 0.717) is 11.8 Å². The van der Waals surface area contributed by atoms with Crippen molar-refractivity contribution in [2.45, 2.75) is 33.1 Å². The second-order valence-corrected chi connectivity index (χ2v) is 5.32. The van der Waals surface area contributed by atoms with Gasteiger partial charge < -0.3 is 0 Å². The third kappa shape index (κ3) is 2.18. The van der Waals surface area contributed by atoms with Gasteiger partial charge in [-0.1, -0.05) is 13.8 Å². The summed E-state index contributed by atoms with van der Waals surface area (Å²) in [4.78, 5) is 12.3. The number of carbonyl (C=O) groups is 1. The van der Waals surface area contributed by atoms with Crippen molar-refractivity contribution in [3.05, 3.63) is 18.0 Å². The van der Waals surface area contributed by atoms with Crippen LogP contribution in [0, 0.1) is 17.8 Å². The zero-order chi connectivity index (χ0) is 11.7. The molecule has 1 aromatic rings. The molecule has 1 aliphatic carbocycles. The Hall–Kier alpha value is -1.12. The monoisotopic (exact) mass is 220 g/mol. The number of ketones is 1. The molecular weight excluding hydrogens is 200 g/mol. The van der Waals surface area contributed by atoms with E-state index in [2.05, 4.69) is 18.9 Å². The van der Waals surface area contributed by atoms with Crippen LogP contribution < -0.4 is 0 Å². The summed E-state index contributed by atoms with van der Waals surface area (Å²) in [7, 11) is 1.84. The smallest absolute Gasteiger partial charge is 0.183 e. The Morgan fingerprint density at radius 3 is 2.44 bits per heavy atom. The van der Waals surface area contributed by atoms with Gasteiger partial charge in [0.25, 0.3) is 0 Å². The van der Waals surface area contributed by atoms with E-state index < -0.39 is 0 Å². The van der Waals surface area contributed by atoms with Crippen LogP contribution in [0.25, 0.3) is 0 Å². The summed E-state index contributed by atoms with van der Waals surface area (Å²) in [6.07, 6.45) is 5.03. The maximum absolute atomic E-state index is 12.3. The molecule has 3 nitrogen and oxygen atoms in total. The Morgan fingerprint density at radius 2 is 1.94 bits per heavy atom. The van der Waals surface area contributed by atoms with Gasteiger partial charge in [0, 0.05) is 19.2 Å². The summed E-state index contributed by atoms with van der Waals surface area (Å²) < 4.78 is 1.69. The maximum atomic E-state index is 12.3. The summed E-state index contributed by atoms with van der Waals surface area (Å²) in [6.45, 7) is 4.50. The first-order valence-electron chi connectivity index (χ1n) is 6.10. The number of aryl methyl sites for hydroxylation is 1. The second kappa shape index (κ2) is 4.40. The van der Waals surface area contributed by atoms with E-state index >= 15 is 0 Å². The van der Waals surface area contributed by atoms with Crippen LogP contribution in [0.4, 0.5) is 0 Å². The van der Waals surface area contributed by atoms with Crippen LogP contribution in [0.5, 0.6) is 0 Å². The van der Waals surface area contributed by atoms with Crippen LogP contribution >= 0.6 is 0 Å². The van der Waals surface area contributed by atoms with Gasteiger partial charge in [-0.3, -0.25) is 9.48 Å². The molecule has 0 bridgehead atoms. The van der Waals surface area contributed by atoms with Crippen molar-refractivity contribution >= 4 is 5.78 Å². The third-order valence-corrected chi connectivity index (χ3v) is 3.62. The summed E-state index contributed by atoms with van der Waals surface area (Å²) in [5.74, 6) is 1.82. The second-order valence-electron chi connectivity index (χ2n) is 5.32. The maximum Gasteiger partial charge on any atom is 0.183 e. The topological polar surface area (TPSA) is 34.9 Å². The molecule has 0 saturated heterocycles. The van der Waals surface area contributed by atoms with Crippen molar-refractivity contribution in [1.29, 1.82) is 0 Å². The van der Waals surface area contributed by atoms with Crippen LogP contribution in [0.1, 0.15) is 43.6 Å². The molecule has 88 valence electrons. The molecule has 0 spiro atoms. The molecule has 1 aliphatic rings. The molecule has 0 N–H and O–H groups in total. The molecule has 2 atom stereocenters. The van der Waals surface area contributed by atoms with Gasteiger partial charge in [-0.2, -0.15) is 5.10 Å². The minimum atomic E-state index is 0.203. The predicted molar refractivity (Wildman–Crippen MR) is 63.2 cm³/mol. The first-order valence-corrected chi connectivity index (χ1v) is 6.10. The highest BCUT2D eigenvalue weighted by atomic mass is 16.1. The van der Waals surface area contributed by atoms with Crippen molar-refractivity contribution in [2.75, 3.05) is 0 Å². The fraction of sp³-hybridized carbons (Fsp3) is 0.692. The van der Waals surface area contributed by atoms with E-state index in [1.54, 1.807) is 10.9 Å². The first kappa shape index (κ1) is 11.4. The molecular formula is C13H20N2O. The predicted octanol–water partition coefficient (Wildman–Crippen LogP) is 2.68. The number of aromatic nitrogens is 2. The van der Waals surface area contributed by atoms with Crippen LogP contribution in [-0.2, 0) is 7.05 Å². The molecule has 0 aliphatic heterocycles. The fourth-order valence-corrected chi connectivity index (χ4v) is 2.99. The highest BCUT2D eigenvalue weighted by Gasteiger charge is 2.30. The van der Waals surface area contributed by atoms with E-state index in [1.807, 2.05) is 13.1 Å². The lowest BCUT2D eigenvalue weighted by Crippen LogP contribution is -2.27.